The predicted molar refractivity (Wildman–Crippen MR) is 88.4 cm³/mol. The number of thiol groups is 2. The second-order valence-corrected chi connectivity index (χ2v) is 7.93. The molecule has 1 aromatic carbocycles. The fraction of sp³-hybridized carbons (Fsp3) is 0.467. The van der Waals surface area contributed by atoms with Crippen LogP contribution in [0, 0.1) is 0 Å². The van der Waals surface area contributed by atoms with Gasteiger partial charge in [0.15, 0.2) is 0 Å². The van der Waals surface area contributed by atoms with Crippen LogP contribution in [0.3, 0.4) is 0 Å². The molecule has 1 aliphatic heterocycles. The molecule has 0 amide bonds. The van der Waals surface area contributed by atoms with Crippen LogP contribution in [-0.2, 0) is 0 Å². The molecule has 2 nitrogen and oxygen atoms in total. The van der Waals surface area contributed by atoms with E-state index in [-0.39, 0.29) is 74.4 Å². The van der Waals surface area contributed by atoms with Crippen molar-refractivity contribution in [3.05, 3.63) is 41.3 Å². The molecule has 3 rings (SSSR count). The number of benzene rings is 1. The largest absolute Gasteiger partial charge is 1.00 e. The van der Waals surface area contributed by atoms with Gasteiger partial charge in [-0.05, 0) is 28.2 Å². The zero-order chi connectivity index (χ0) is 13.7. The van der Waals surface area contributed by atoms with Crippen LogP contribution >= 0.6 is 25.3 Å². The van der Waals surface area contributed by atoms with Crippen LogP contribution in [0.25, 0.3) is 16.2 Å². The Morgan fingerprint density at radius 2 is 1.90 bits per heavy atom. The number of nitrogens with zero attached hydrogens (tertiary/aromatic N) is 1. The number of piperidine rings is 1. The number of hydrogen-bond donors (Lipinski definition) is 3. The molecule has 0 radical (unpaired) electrons. The first-order chi connectivity index (χ1) is 8.86. The average molecular weight is 424 g/mol. The summed E-state index contributed by atoms with van der Waals surface area (Å²) < 4.78 is -0.537. The predicted octanol–water partition coefficient (Wildman–Crippen LogP) is 1.71. The van der Waals surface area contributed by atoms with E-state index >= 15 is 0 Å². The molecule has 1 atom stereocenters. The summed E-state index contributed by atoms with van der Waals surface area (Å²) in [5.41, 5.74) is 2.48. The van der Waals surface area contributed by atoms with Crippen molar-refractivity contribution in [3.8, 4) is 0 Å². The third-order valence-electron chi connectivity index (χ3n) is 3.81. The maximum Gasteiger partial charge on any atom is 1.00 e. The smallest absolute Gasteiger partial charge is 0.634 e. The molecule has 102 valence electrons. The molecule has 0 aliphatic carbocycles. The Balaban J connectivity index is 0.00000147. The van der Waals surface area contributed by atoms with Gasteiger partial charge in [0.1, 0.15) is 0 Å². The zero-order valence-electron chi connectivity index (χ0n) is 12.2. The van der Waals surface area contributed by atoms with E-state index in [9.17, 15) is 0 Å². The van der Waals surface area contributed by atoms with Crippen molar-refractivity contribution in [2.24, 2.45) is 0 Å². The number of nitrogens with one attached hydrogen (secondary N) is 1. The molecule has 1 fully saturated rings. The quantitative estimate of drug-likeness (QED) is 0.460. The molecule has 2 aromatic rings. The molecule has 2 heterocycles. The minimum absolute atomic E-state index is 0. The third kappa shape index (κ3) is 3.86. The van der Waals surface area contributed by atoms with Gasteiger partial charge in [0.2, 0.25) is 0 Å². The number of fused-ring (bicyclic) bond motifs is 1. The number of aromatic nitrogens is 1. The van der Waals surface area contributed by atoms with Crippen LogP contribution in [0.1, 0.15) is 38.2 Å². The normalized spacial score (nSPS) is 24.3. The molecule has 0 bridgehead atoms. The summed E-state index contributed by atoms with van der Waals surface area (Å²) in [6.07, 6.45) is 4.04. The van der Waals surface area contributed by atoms with Crippen LogP contribution in [0.15, 0.2) is 30.5 Å². The molecule has 1 aliphatic rings. The summed E-state index contributed by atoms with van der Waals surface area (Å²) in [6, 6.07) is 8.45. The Bertz CT molecular complexity index is 591. The molecular weight excluding hydrogens is 405 g/mol. The van der Waals surface area contributed by atoms with Crippen LogP contribution in [0.2, 0.25) is 0 Å². The first-order valence-electron chi connectivity index (χ1n) is 6.61. The number of H-pyrrole nitrogens is 1. The second-order valence-electron chi connectivity index (χ2n) is 6.09. The Labute approximate surface area is 190 Å². The second kappa shape index (κ2) is 6.53. The summed E-state index contributed by atoms with van der Waals surface area (Å²) in [4.78, 5) is 3.36. The summed E-state index contributed by atoms with van der Waals surface area (Å²) >= 11 is 9.21. The van der Waals surface area contributed by atoms with E-state index in [2.05, 4.69) is 74.6 Å². The fourth-order valence-electron chi connectivity index (χ4n) is 3.23. The van der Waals surface area contributed by atoms with Gasteiger partial charge < -0.3 is 10.3 Å². The number of aromatic amines is 1. The van der Waals surface area contributed by atoms with E-state index in [0.717, 1.165) is 12.8 Å². The van der Waals surface area contributed by atoms with Crippen molar-refractivity contribution in [3.63, 3.8) is 0 Å². The van der Waals surface area contributed by atoms with Crippen molar-refractivity contribution in [2.45, 2.75) is 42.3 Å². The van der Waals surface area contributed by atoms with Gasteiger partial charge in [-0.25, -0.2) is 0 Å². The van der Waals surface area contributed by atoms with Crippen LogP contribution in [-0.4, -0.2) is 14.7 Å². The van der Waals surface area contributed by atoms with Crippen LogP contribution in [0.5, 0.6) is 0 Å². The molecule has 1 saturated heterocycles. The number of rotatable bonds is 1. The van der Waals surface area contributed by atoms with Crippen LogP contribution in [0.4, 0.5) is 0 Å². The van der Waals surface area contributed by atoms with Crippen molar-refractivity contribution in [2.75, 3.05) is 0 Å². The van der Waals surface area contributed by atoms with Gasteiger partial charge >= 0.3 is 68.9 Å². The Morgan fingerprint density at radius 1 is 1.20 bits per heavy atom. The third-order valence-corrected chi connectivity index (χ3v) is 4.37. The maximum absolute atomic E-state index is 4.70. The summed E-state index contributed by atoms with van der Waals surface area (Å²) in [6.45, 7) is 4.32. The Morgan fingerprint density at radius 3 is 2.60 bits per heavy atom. The average Bonchev–Trinajstić information content (AvgIpc) is 2.68. The van der Waals surface area contributed by atoms with Gasteiger partial charge in [-0.2, -0.15) is 25.3 Å². The molecular formula is C15H19CsN2S2. The van der Waals surface area contributed by atoms with Crippen LogP contribution < -0.4 is 68.9 Å². The first kappa shape index (κ1) is 17.8. The van der Waals surface area contributed by atoms with E-state index < -0.39 is 4.20 Å². The van der Waals surface area contributed by atoms with Crippen molar-refractivity contribution >= 4 is 36.2 Å². The van der Waals surface area contributed by atoms with Gasteiger partial charge in [-0.15, -0.1) is 5.54 Å². The molecule has 1 unspecified atom stereocenters. The van der Waals surface area contributed by atoms with Gasteiger partial charge in [0.05, 0.1) is 0 Å². The monoisotopic (exact) mass is 424 g/mol. The topological polar surface area (TPSA) is 29.9 Å². The maximum atomic E-state index is 4.70. The molecule has 20 heavy (non-hydrogen) atoms. The van der Waals surface area contributed by atoms with E-state index in [1.807, 2.05) is 0 Å². The van der Waals surface area contributed by atoms with Gasteiger partial charge in [0.25, 0.3) is 0 Å². The molecule has 0 saturated carbocycles. The van der Waals surface area contributed by atoms with E-state index in [1.54, 1.807) is 0 Å². The molecule has 1 N–H and O–H groups in total. The molecule has 0 spiro atoms. The molecule has 1 aromatic heterocycles. The summed E-state index contributed by atoms with van der Waals surface area (Å²) in [5.74, 6) is 0.443. The Kier molecular flexibility index (Phi) is 5.82. The van der Waals surface area contributed by atoms with Crippen molar-refractivity contribution in [1.82, 2.24) is 4.98 Å². The standard InChI is InChI=1S/C15H19N2S2.Cs/c1-14(2)7-10(8-15(18,19)17-14)12-9-16-13-6-4-3-5-11(12)13;/h3-6,9-10,16,18-19H,7-8H2,1-2H3;/q-1;+1. The molecule has 5 heteroatoms. The van der Waals surface area contributed by atoms with Crippen molar-refractivity contribution < 1.29 is 68.9 Å². The number of para-hydroxylation sites is 1. The zero-order valence-corrected chi connectivity index (χ0v) is 20.3. The fourth-order valence-corrected chi connectivity index (χ4v) is 4.22. The van der Waals surface area contributed by atoms with Gasteiger partial charge in [-0.1, -0.05) is 38.5 Å². The SMILES string of the molecule is CC1(C)CC(c2c[nH]c3ccccc23)CC(S)(S)[N-]1.[Cs+]. The van der Waals surface area contributed by atoms with E-state index in [0.29, 0.717) is 5.92 Å². The Hall–Kier alpha value is 1.47. The number of hydrogen-bond acceptors (Lipinski definition) is 2. The summed E-state index contributed by atoms with van der Waals surface area (Å²) in [5, 5.41) is 6.01. The van der Waals surface area contributed by atoms with Gasteiger partial charge in [0, 0.05) is 17.1 Å². The minimum atomic E-state index is -0.537. The summed E-state index contributed by atoms with van der Waals surface area (Å²) in [7, 11) is 0. The first-order valence-corrected chi connectivity index (χ1v) is 7.51. The van der Waals surface area contributed by atoms with E-state index in [4.69, 9.17) is 5.32 Å². The van der Waals surface area contributed by atoms with Gasteiger partial charge in [-0.3, -0.25) is 0 Å². The van der Waals surface area contributed by atoms with E-state index in [1.165, 1.54) is 16.5 Å². The minimum Gasteiger partial charge on any atom is -0.634 e. The van der Waals surface area contributed by atoms with Crippen molar-refractivity contribution in [1.29, 1.82) is 0 Å².